The molecule has 4 aromatic carbocycles. The topological polar surface area (TPSA) is 51.2 Å². The lowest BCUT2D eigenvalue weighted by Crippen LogP contribution is -2.13. The first-order chi connectivity index (χ1) is 16.6. The molecule has 1 N–H and O–H groups in total. The Bertz CT molecular complexity index is 1460. The van der Waals surface area contributed by atoms with Crippen LogP contribution in [0.2, 0.25) is 5.02 Å². The van der Waals surface area contributed by atoms with Gasteiger partial charge in [0.2, 0.25) is 0 Å². The number of rotatable bonds is 5. The van der Waals surface area contributed by atoms with Crippen LogP contribution in [0.15, 0.2) is 103 Å². The monoisotopic (exact) mass is 464 g/mol. The van der Waals surface area contributed by atoms with E-state index in [0.29, 0.717) is 10.6 Å². The molecule has 0 fully saturated rings. The first kappa shape index (κ1) is 21.7. The minimum atomic E-state index is -0.187. The molecule has 5 rings (SSSR count). The van der Waals surface area contributed by atoms with E-state index < -0.39 is 0 Å². The van der Waals surface area contributed by atoms with Gasteiger partial charge in [0.25, 0.3) is 5.91 Å². The van der Waals surface area contributed by atoms with Crippen molar-refractivity contribution in [1.29, 1.82) is 0 Å². The number of ether oxygens (including phenoxy) is 1. The number of hydrogen-bond donors (Lipinski definition) is 1. The highest BCUT2D eigenvalue weighted by Gasteiger charge is 2.14. The number of hydrogen-bond acceptors (Lipinski definition) is 3. The number of nitrogens with one attached hydrogen (secondary N) is 1. The number of pyridine rings is 1. The van der Waals surface area contributed by atoms with Gasteiger partial charge in [-0.3, -0.25) is 4.79 Å². The predicted octanol–water partition coefficient (Wildman–Crippen LogP) is 7.48. The number of methoxy groups -OCH3 is 1. The molecule has 34 heavy (non-hydrogen) atoms. The molecule has 1 aromatic heterocycles. The molecule has 0 aliphatic heterocycles. The van der Waals surface area contributed by atoms with Crippen LogP contribution in [0.25, 0.3) is 33.3 Å². The summed E-state index contributed by atoms with van der Waals surface area (Å²) in [5.74, 6) is 0.581. The van der Waals surface area contributed by atoms with Gasteiger partial charge >= 0.3 is 0 Å². The first-order valence-electron chi connectivity index (χ1n) is 10.8. The quantitative estimate of drug-likeness (QED) is 0.293. The molecular weight excluding hydrogens is 444 g/mol. The van der Waals surface area contributed by atoms with E-state index in [1.54, 1.807) is 7.11 Å². The number of nitrogens with zero attached hydrogens (tertiary/aromatic N) is 1. The average Bonchev–Trinajstić information content (AvgIpc) is 2.89. The van der Waals surface area contributed by atoms with Crippen LogP contribution >= 0.6 is 11.6 Å². The van der Waals surface area contributed by atoms with E-state index in [1.165, 1.54) is 0 Å². The van der Waals surface area contributed by atoms with Crippen LogP contribution < -0.4 is 10.1 Å². The molecule has 5 heteroatoms. The number of carbonyl (C=O) groups excluding carboxylic acids is 1. The number of halogens is 1. The number of amides is 1. The lowest BCUT2D eigenvalue weighted by molar-refractivity contribution is 0.102. The minimum absolute atomic E-state index is 0.187. The van der Waals surface area contributed by atoms with Gasteiger partial charge in [0, 0.05) is 21.7 Å². The number of aromatic nitrogens is 1. The van der Waals surface area contributed by atoms with Crippen LogP contribution in [-0.2, 0) is 0 Å². The Morgan fingerprint density at radius 2 is 1.41 bits per heavy atom. The Morgan fingerprint density at radius 1 is 0.794 bits per heavy atom. The molecule has 1 heterocycles. The van der Waals surface area contributed by atoms with Crippen LogP contribution in [-0.4, -0.2) is 18.0 Å². The molecule has 1 amide bonds. The lowest BCUT2D eigenvalue weighted by Gasteiger charge is -2.11. The molecule has 5 aromatic rings. The highest BCUT2D eigenvalue weighted by Crippen LogP contribution is 2.28. The number of anilines is 1. The molecule has 0 spiro atoms. The van der Waals surface area contributed by atoms with Gasteiger partial charge in [0.05, 0.1) is 23.9 Å². The zero-order chi connectivity index (χ0) is 23.5. The minimum Gasteiger partial charge on any atom is -0.497 e. The van der Waals surface area contributed by atoms with Gasteiger partial charge in [-0.1, -0.05) is 54.1 Å². The largest absolute Gasteiger partial charge is 0.497 e. The van der Waals surface area contributed by atoms with Crippen molar-refractivity contribution in [3.8, 4) is 28.1 Å². The fourth-order valence-corrected chi connectivity index (χ4v) is 3.99. The molecule has 0 saturated heterocycles. The molecule has 0 aliphatic rings. The van der Waals surface area contributed by atoms with E-state index in [9.17, 15) is 4.79 Å². The summed E-state index contributed by atoms with van der Waals surface area (Å²) in [6.07, 6.45) is 0. The molecule has 166 valence electrons. The first-order valence-corrected chi connectivity index (χ1v) is 11.2. The molecule has 4 nitrogen and oxygen atoms in total. The summed E-state index contributed by atoms with van der Waals surface area (Å²) in [7, 11) is 1.63. The standard InChI is InChI=1S/C29H21ClN2O2/c1-34-24-16-10-21(11-17-24)28-18-26(25-4-2-3-5-27(25)32-28)29(33)31-23-14-8-20(9-15-23)19-6-12-22(30)13-7-19/h2-18H,1H3,(H,31,33). The maximum atomic E-state index is 13.3. The fraction of sp³-hybridized carbons (Fsp3) is 0.0345. The second-order valence-corrected chi connectivity index (χ2v) is 8.28. The highest BCUT2D eigenvalue weighted by atomic mass is 35.5. The van der Waals surface area contributed by atoms with E-state index in [1.807, 2.05) is 103 Å². The summed E-state index contributed by atoms with van der Waals surface area (Å²) >= 11 is 5.99. The van der Waals surface area contributed by atoms with Crippen LogP contribution in [0.1, 0.15) is 10.4 Å². The molecule has 0 unspecified atom stereocenters. The molecule has 0 aliphatic carbocycles. The number of para-hydroxylation sites is 1. The summed E-state index contributed by atoms with van der Waals surface area (Å²) in [4.78, 5) is 18.1. The van der Waals surface area contributed by atoms with Gasteiger partial charge in [-0.15, -0.1) is 0 Å². The van der Waals surface area contributed by atoms with Crippen molar-refractivity contribution >= 4 is 34.1 Å². The van der Waals surface area contributed by atoms with E-state index in [-0.39, 0.29) is 5.91 Å². The van der Waals surface area contributed by atoms with Gasteiger partial charge in [0.1, 0.15) is 5.75 Å². The van der Waals surface area contributed by atoms with Crippen LogP contribution in [0, 0.1) is 0 Å². The Labute approximate surface area is 202 Å². The van der Waals surface area contributed by atoms with E-state index in [2.05, 4.69) is 5.32 Å². The summed E-state index contributed by atoms with van der Waals surface area (Å²) in [6.45, 7) is 0. The molecule has 0 bridgehead atoms. The summed E-state index contributed by atoms with van der Waals surface area (Å²) in [5.41, 5.74) is 5.79. The van der Waals surface area contributed by atoms with Crippen molar-refractivity contribution in [1.82, 2.24) is 4.98 Å². The maximum absolute atomic E-state index is 13.3. The molecule has 0 radical (unpaired) electrons. The Morgan fingerprint density at radius 3 is 2.09 bits per heavy atom. The van der Waals surface area contributed by atoms with Crippen molar-refractivity contribution in [2.24, 2.45) is 0 Å². The van der Waals surface area contributed by atoms with Crippen molar-refractivity contribution in [2.45, 2.75) is 0 Å². The van der Waals surface area contributed by atoms with Gasteiger partial charge in [-0.25, -0.2) is 4.98 Å². The molecule has 0 saturated carbocycles. The predicted molar refractivity (Wildman–Crippen MR) is 139 cm³/mol. The highest BCUT2D eigenvalue weighted by molar-refractivity contribution is 6.30. The SMILES string of the molecule is COc1ccc(-c2cc(C(=O)Nc3ccc(-c4ccc(Cl)cc4)cc3)c3ccccc3n2)cc1. The summed E-state index contributed by atoms with van der Waals surface area (Å²) in [6, 6.07) is 32.6. The van der Waals surface area contributed by atoms with E-state index >= 15 is 0 Å². The van der Waals surface area contributed by atoms with Crippen LogP contribution in [0.4, 0.5) is 5.69 Å². The Balaban J connectivity index is 1.45. The Hall–Kier alpha value is -4.15. The third-order valence-corrected chi connectivity index (χ3v) is 5.92. The van der Waals surface area contributed by atoms with Gasteiger partial charge in [-0.2, -0.15) is 0 Å². The normalized spacial score (nSPS) is 10.8. The van der Waals surface area contributed by atoms with Crippen LogP contribution in [0.5, 0.6) is 5.75 Å². The second-order valence-electron chi connectivity index (χ2n) is 7.84. The van der Waals surface area contributed by atoms with Crippen molar-refractivity contribution < 1.29 is 9.53 Å². The maximum Gasteiger partial charge on any atom is 0.256 e. The third kappa shape index (κ3) is 4.49. The van der Waals surface area contributed by atoms with Crippen molar-refractivity contribution in [3.63, 3.8) is 0 Å². The van der Waals surface area contributed by atoms with Crippen molar-refractivity contribution in [2.75, 3.05) is 12.4 Å². The Kier molecular flexibility index (Phi) is 5.98. The smallest absolute Gasteiger partial charge is 0.256 e. The van der Waals surface area contributed by atoms with Gasteiger partial charge in [-0.05, 0) is 71.8 Å². The number of benzene rings is 4. The molecule has 0 atom stereocenters. The van der Waals surface area contributed by atoms with E-state index in [4.69, 9.17) is 21.3 Å². The zero-order valence-electron chi connectivity index (χ0n) is 18.5. The number of carbonyl (C=O) groups is 1. The van der Waals surface area contributed by atoms with Gasteiger partial charge in [0.15, 0.2) is 0 Å². The second kappa shape index (κ2) is 9.38. The molecular formula is C29H21ClN2O2. The lowest BCUT2D eigenvalue weighted by atomic mass is 10.0. The number of fused-ring (bicyclic) bond motifs is 1. The third-order valence-electron chi connectivity index (χ3n) is 5.67. The summed E-state index contributed by atoms with van der Waals surface area (Å²) in [5, 5.41) is 4.53. The van der Waals surface area contributed by atoms with Crippen molar-refractivity contribution in [3.05, 3.63) is 114 Å². The van der Waals surface area contributed by atoms with E-state index in [0.717, 1.165) is 44.7 Å². The zero-order valence-corrected chi connectivity index (χ0v) is 19.2. The fourth-order valence-electron chi connectivity index (χ4n) is 3.86. The summed E-state index contributed by atoms with van der Waals surface area (Å²) < 4.78 is 5.26. The average molecular weight is 465 g/mol. The van der Waals surface area contributed by atoms with Gasteiger partial charge < -0.3 is 10.1 Å². The van der Waals surface area contributed by atoms with Crippen LogP contribution in [0.3, 0.4) is 0 Å².